The molecule has 0 rings (SSSR count). The smallest absolute Gasteiger partial charge is 0.129 e. The van der Waals surface area contributed by atoms with Crippen molar-refractivity contribution >= 4 is 0 Å². The molecular weight excluding hydrogens is 315 g/mol. The maximum Gasteiger partial charge on any atom is 0.129 e. The molecule has 0 amide bonds. The minimum Gasteiger partial charge on any atom is -1.00 e. The van der Waals surface area contributed by atoms with Crippen molar-refractivity contribution in [2.75, 3.05) is 52.9 Å². The summed E-state index contributed by atoms with van der Waals surface area (Å²) >= 11 is 0. The summed E-state index contributed by atoms with van der Waals surface area (Å²) in [7, 11) is 2.26. The van der Waals surface area contributed by atoms with Crippen molar-refractivity contribution in [3.8, 4) is 0 Å². The average Bonchev–Trinajstić information content (AvgIpc) is 2.38. The summed E-state index contributed by atoms with van der Waals surface area (Å²) in [6.45, 7) is 26.4. The van der Waals surface area contributed by atoms with E-state index in [1.165, 1.54) is 0 Å². The molecule has 2 nitrogen and oxygen atoms in total. The van der Waals surface area contributed by atoms with Crippen LogP contribution < -0.4 is 24.8 Å². The van der Waals surface area contributed by atoms with Gasteiger partial charge in [-0.25, -0.2) is 0 Å². The van der Waals surface area contributed by atoms with Gasteiger partial charge in [-0.1, -0.05) is 32.9 Å². The minimum absolute atomic E-state index is 0. The molecule has 0 aromatic carbocycles. The lowest BCUT2D eigenvalue weighted by Crippen LogP contribution is -3.00. The van der Waals surface area contributed by atoms with Crippen LogP contribution >= 0.6 is 0 Å². The van der Waals surface area contributed by atoms with Gasteiger partial charge in [0.1, 0.15) is 13.1 Å². The highest BCUT2D eigenvalue weighted by Gasteiger charge is 2.28. The van der Waals surface area contributed by atoms with Crippen molar-refractivity contribution in [3.05, 3.63) is 63.3 Å². The molecule has 128 valence electrons. The summed E-state index contributed by atoms with van der Waals surface area (Å²) in [5, 5.41) is 0. The first-order valence-electron chi connectivity index (χ1n) is 7.24. The number of halogens is 2. The molecule has 0 radical (unpaired) electrons. The molecule has 0 aromatic heterocycles. The Morgan fingerprint density at radius 1 is 0.591 bits per heavy atom. The van der Waals surface area contributed by atoms with Crippen LogP contribution in [0.15, 0.2) is 63.3 Å². The second kappa shape index (κ2) is 13.8. The van der Waals surface area contributed by atoms with Gasteiger partial charge in [0.05, 0.1) is 39.8 Å². The van der Waals surface area contributed by atoms with E-state index in [0.29, 0.717) is 0 Å². The summed E-state index contributed by atoms with van der Waals surface area (Å²) in [6.07, 6.45) is 9.98. The molecule has 0 fully saturated rings. The van der Waals surface area contributed by atoms with Crippen LogP contribution in [0.1, 0.15) is 0 Å². The van der Waals surface area contributed by atoms with Crippen LogP contribution in [-0.2, 0) is 0 Å². The predicted molar refractivity (Wildman–Crippen MR) is 91.5 cm³/mol. The van der Waals surface area contributed by atoms with Crippen molar-refractivity contribution in [1.82, 2.24) is 0 Å². The summed E-state index contributed by atoms with van der Waals surface area (Å²) in [5.41, 5.74) is 0. The Labute approximate surface area is 150 Å². The zero-order valence-corrected chi connectivity index (χ0v) is 15.5. The quantitative estimate of drug-likeness (QED) is 0.249. The Balaban J connectivity index is -0.00000180. The van der Waals surface area contributed by atoms with Gasteiger partial charge in [0.2, 0.25) is 0 Å². The number of hydrogen-bond donors (Lipinski definition) is 0. The van der Waals surface area contributed by atoms with Crippen molar-refractivity contribution in [3.63, 3.8) is 0 Å². The van der Waals surface area contributed by atoms with Crippen LogP contribution in [0.5, 0.6) is 0 Å². The molecule has 0 bridgehead atoms. The van der Waals surface area contributed by atoms with Gasteiger partial charge in [-0.15, -0.1) is 0 Å². The Kier molecular flexibility index (Phi) is 16.4. The molecule has 0 aliphatic heterocycles. The van der Waals surface area contributed by atoms with Gasteiger partial charge in [-0.3, -0.25) is 0 Å². The fourth-order valence-corrected chi connectivity index (χ4v) is 2.65. The van der Waals surface area contributed by atoms with Gasteiger partial charge in [-0.2, -0.15) is 0 Å². The highest BCUT2D eigenvalue weighted by atomic mass is 35.5. The van der Waals surface area contributed by atoms with Crippen LogP contribution in [0.4, 0.5) is 0 Å². The zero-order valence-electron chi connectivity index (χ0n) is 14.0. The first-order valence-corrected chi connectivity index (χ1v) is 7.24. The number of nitrogens with zero attached hydrogens (tertiary/aromatic N) is 2. The van der Waals surface area contributed by atoms with Crippen molar-refractivity contribution in [2.45, 2.75) is 0 Å². The van der Waals surface area contributed by atoms with Crippen molar-refractivity contribution < 1.29 is 33.8 Å². The van der Waals surface area contributed by atoms with Crippen molar-refractivity contribution in [1.29, 1.82) is 0 Å². The Morgan fingerprint density at radius 2 is 0.909 bits per heavy atom. The van der Waals surface area contributed by atoms with E-state index in [0.717, 1.165) is 54.8 Å². The Hall–Kier alpha value is -0.800. The van der Waals surface area contributed by atoms with E-state index in [1.807, 2.05) is 30.4 Å². The second-order valence-corrected chi connectivity index (χ2v) is 5.76. The van der Waals surface area contributed by atoms with E-state index in [1.54, 1.807) is 0 Å². The van der Waals surface area contributed by atoms with Crippen LogP contribution in [0.2, 0.25) is 0 Å². The molecule has 0 unspecified atom stereocenters. The molecule has 0 heterocycles. The third kappa shape index (κ3) is 9.26. The molecule has 0 aromatic rings. The molecule has 4 heteroatoms. The SMILES string of the molecule is C=CC[N+](C)(CC=C)CC[N+](CC=C)(CC=C)CC=C.[Cl-].[Cl-]. The lowest BCUT2D eigenvalue weighted by Gasteiger charge is -2.40. The summed E-state index contributed by atoms with van der Waals surface area (Å²) in [5.74, 6) is 0. The second-order valence-electron chi connectivity index (χ2n) is 5.76. The molecule has 0 saturated carbocycles. The molecule has 22 heavy (non-hydrogen) atoms. The van der Waals surface area contributed by atoms with Gasteiger partial charge in [0.25, 0.3) is 0 Å². The lowest BCUT2D eigenvalue weighted by atomic mass is 10.2. The molecule has 0 saturated heterocycles. The topological polar surface area (TPSA) is 0 Å². The van der Waals surface area contributed by atoms with E-state index in [4.69, 9.17) is 0 Å². The highest BCUT2D eigenvalue weighted by molar-refractivity contribution is 4.77. The first kappa shape index (κ1) is 26.1. The fourth-order valence-electron chi connectivity index (χ4n) is 2.65. The van der Waals surface area contributed by atoms with E-state index >= 15 is 0 Å². The summed E-state index contributed by atoms with van der Waals surface area (Å²) in [4.78, 5) is 0. The molecule has 0 atom stereocenters. The lowest BCUT2D eigenvalue weighted by molar-refractivity contribution is -0.960. The highest BCUT2D eigenvalue weighted by Crippen LogP contribution is 2.12. The molecule has 0 aliphatic rings. The fraction of sp³-hybridized carbons (Fsp3) is 0.444. The van der Waals surface area contributed by atoms with E-state index < -0.39 is 0 Å². The van der Waals surface area contributed by atoms with Crippen molar-refractivity contribution in [2.24, 2.45) is 0 Å². The number of quaternary nitrogens is 2. The Morgan fingerprint density at radius 3 is 1.18 bits per heavy atom. The third-order valence-electron chi connectivity index (χ3n) is 3.80. The normalized spacial score (nSPS) is 10.6. The molecule has 0 N–H and O–H groups in total. The number of hydrogen-bond acceptors (Lipinski definition) is 0. The van der Waals surface area contributed by atoms with Crippen LogP contribution in [0.3, 0.4) is 0 Å². The average molecular weight is 347 g/mol. The predicted octanol–water partition coefficient (Wildman–Crippen LogP) is -2.81. The van der Waals surface area contributed by atoms with E-state index in [-0.39, 0.29) is 24.8 Å². The minimum atomic E-state index is 0. The van der Waals surface area contributed by atoms with Gasteiger partial charge >= 0.3 is 0 Å². The first-order chi connectivity index (χ1) is 9.51. The maximum atomic E-state index is 3.91. The zero-order chi connectivity index (χ0) is 15.5. The van der Waals surface area contributed by atoms with Gasteiger partial charge in [-0.05, 0) is 30.4 Å². The monoisotopic (exact) mass is 346 g/mol. The molecule has 0 spiro atoms. The summed E-state index contributed by atoms with van der Waals surface area (Å²) in [6, 6.07) is 0. The van der Waals surface area contributed by atoms with Gasteiger partial charge < -0.3 is 33.8 Å². The molecular formula is C18H32Cl2N2. The number of rotatable bonds is 13. The summed E-state index contributed by atoms with van der Waals surface area (Å²) < 4.78 is 1.89. The molecule has 0 aliphatic carbocycles. The standard InChI is InChI=1S/C18H32N2.2ClH/c1-7-12-19(6,13-8-2)17-18-20(14-9-3,15-10-4)16-11-5;;/h7-11H,1-5,12-18H2,6H3;2*1H/q+2;;/p-2. The van der Waals surface area contributed by atoms with Crippen LogP contribution in [0, 0.1) is 0 Å². The third-order valence-corrected chi connectivity index (χ3v) is 3.80. The van der Waals surface area contributed by atoms with Crippen LogP contribution in [-0.4, -0.2) is 61.8 Å². The largest absolute Gasteiger partial charge is 1.00 e. The van der Waals surface area contributed by atoms with E-state index in [2.05, 4.69) is 39.9 Å². The van der Waals surface area contributed by atoms with E-state index in [9.17, 15) is 0 Å². The van der Waals surface area contributed by atoms with Crippen LogP contribution in [0.25, 0.3) is 0 Å². The maximum absolute atomic E-state index is 3.91. The number of likely N-dealkylation sites (N-methyl/N-ethyl adjacent to an activating group) is 1. The Bertz CT molecular complexity index is 314. The van der Waals surface area contributed by atoms with Gasteiger partial charge in [0.15, 0.2) is 0 Å². The van der Waals surface area contributed by atoms with Gasteiger partial charge in [0, 0.05) is 0 Å².